The van der Waals surface area contributed by atoms with Crippen molar-refractivity contribution in [3.8, 4) is 0 Å². The van der Waals surface area contributed by atoms with Gasteiger partial charge in [0.15, 0.2) is 0 Å². The summed E-state index contributed by atoms with van der Waals surface area (Å²) in [6, 6.07) is 14.1. The lowest BCUT2D eigenvalue weighted by atomic mass is 9.98. The summed E-state index contributed by atoms with van der Waals surface area (Å²) in [6.07, 6.45) is 1.64. The van der Waals surface area contributed by atoms with Crippen molar-refractivity contribution in [2.75, 3.05) is 22.1 Å². The lowest BCUT2D eigenvalue weighted by Gasteiger charge is -2.48. The molecule has 0 aromatic heterocycles. The van der Waals surface area contributed by atoms with E-state index in [-0.39, 0.29) is 30.0 Å². The first-order valence-corrected chi connectivity index (χ1v) is 10.7. The van der Waals surface area contributed by atoms with Gasteiger partial charge in [0.2, 0.25) is 17.7 Å². The molecule has 8 nitrogen and oxygen atoms in total. The minimum Gasteiger partial charge on any atom is -0.326 e. The number of carbonyl (C=O) groups excluding carboxylic acids is 4. The first-order chi connectivity index (χ1) is 15.3. The molecule has 32 heavy (non-hydrogen) atoms. The third-order valence-corrected chi connectivity index (χ3v) is 6.00. The Bertz CT molecular complexity index is 1100. The van der Waals surface area contributed by atoms with E-state index in [0.717, 1.165) is 0 Å². The number of nitrogens with one attached hydrogen (secondary N) is 2. The molecule has 2 N–H and O–H groups in total. The van der Waals surface area contributed by atoms with Gasteiger partial charge in [0, 0.05) is 37.7 Å². The summed E-state index contributed by atoms with van der Waals surface area (Å²) in [5.41, 5.74) is 1.65. The van der Waals surface area contributed by atoms with Gasteiger partial charge in [-0.3, -0.25) is 24.1 Å². The highest BCUT2D eigenvalue weighted by molar-refractivity contribution is 6.10. The van der Waals surface area contributed by atoms with E-state index in [1.54, 1.807) is 46.2 Å². The van der Waals surface area contributed by atoms with E-state index in [1.165, 1.54) is 6.92 Å². The molecule has 4 rings (SSSR count). The number of fused-ring (bicyclic) bond motifs is 3. The van der Waals surface area contributed by atoms with Gasteiger partial charge in [0.05, 0.1) is 11.3 Å². The lowest BCUT2D eigenvalue weighted by Crippen LogP contribution is -2.62. The van der Waals surface area contributed by atoms with Gasteiger partial charge in [0.25, 0.3) is 5.91 Å². The van der Waals surface area contributed by atoms with Gasteiger partial charge < -0.3 is 15.5 Å². The maximum Gasteiger partial charge on any atom is 0.257 e. The molecule has 2 heterocycles. The maximum absolute atomic E-state index is 13.2. The molecular weight excluding hydrogens is 408 g/mol. The summed E-state index contributed by atoms with van der Waals surface area (Å²) in [6.45, 7) is 3.71. The Morgan fingerprint density at radius 1 is 1.03 bits per heavy atom. The Hall–Kier alpha value is -3.68. The van der Waals surface area contributed by atoms with Crippen molar-refractivity contribution in [1.29, 1.82) is 0 Å². The molecule has 4 amide bonds. The number of nitrogens with zero attached hydrogens (tertiary/aromatic N) is 2. The van der Waals surface area contributed by atoms with Crippen LogP contribution in [0.25, 0.3) is 0 Å². The summed E-state index contributed by atoms with van der Waals surface area (Å²) in [5, 5.41) is 5.50. The molecule has 8 heteroatoms. The predicted molar refractivity (Wildman–Crippen MR) is 121 cm³/mol. The van der Waals surface area contributed by atoms with Gasteiger partial charge >= 0.3 is 0 Å². The van der Waals surface area contributed by atoms with Gasteiger partial charge in [-0.2, -0.15) is 0 Å². The molecular formula is C24H26N4O4. The van der Waals surface area contributed by atoms with E-state index in [0.29, 0.717) is 48.4 Å². The van der Waals surface area contributed by atoms with Gasteiger partial charge in [-0.1, -0.05) is 18.2 Å². The maximum atomic E-state index is 13.2. The predicted octanol–water partition coefficient (Wildman–Crippen LogP) is 3.36. The van der Waals surface area contributed by atoms with Crippen molar-refractivity contribution in [1.82, 2.24) is 4.90 Å². The lowest BCUT2D eigenvalue weighted by molar-refractivity contribution is -0.118. The Labute approximate surface area is 186 Å². The van der Waals surface area contributed by atoms with Crippen LogP contribution in [0.5, 0.6) is 0 Å². The molecule has 0 unspecified atom stereocenters. The van der Waals surface area contributed by atoms with Crippen LogP contribution in [0.15, 0.2) is 48.5 Å². The highest BCUT2D eigenvalue weighted by Crippen LogP contribution is 2.44. The van der Waals surface area contributed by atoms with Crippen LogP contribution in [-0.4, -0.2) is 40.7 Å². The molecule has 0 spiro atoms. The third-order valence-electron chi connectivity index (χ3n) is 6.00. The fourth-order valence-corrected chi connectivity index (χ4v) is 4.54. The Morgan fingerprint density at radius 3 is 2.50 bits per heavy atom. The number of anilines is 3. The van der Waals surface area contributed by atoms with Crippen LogP contribution < -0.4 is 15.5 Å². The second kappa shape index (κ2) is 8.45. The van der Waals surface area contributed by atoms with Crippen LogP contribution >= 0.6 is 0 Å². The van der Waals surface area contributed by atoms with Crippen molar-refractivity contribution in [2.45, 2.75) is 45.2 Å². The van der Waals surface area contributed by atoms with Crippen molar-refractivity contribution < 1.29 is 19.2 Å². The number of amides is 4. The minimum atomic E-state index is -0.717. The van der Waals surface area contributed by atoms with Crippen molar-refractivity contribution in [2.24, 2.45) is 0 Å². The Morgan fingerprint density at radius 2 is 1.75 bits per heavy atom. The molecule has 0 saturated carbocycles. The number of hydrogen-bond donors (Lipinski definition) is 2. The van der Waals surface area contributed by atoms with Gasteiger partial charge in [0.1, 0.15) is 5.66 Å². The van der Waals surface area contributed by atoms with E-state index in [1.807, 2.05) is 19.1 Å². The van der Waals surface area contributed by atoms with E-state index >= 15 is 0 Å². The molecule has 0 aliphatic carbocycles. The highest BCUT2D eigenvalue weighted by atomic mass is 16.2. The van der Waals surface area contributed by atoms with Crippen LogP contribution in [0.3, 0.4) is 0 Å². The molecule has 1 atom stereocenters. The normalized spacial score (nSPS) is 19.4. The molecule has 166 valence electrons. The fraction of sp³-hybridized carbons (Fsp3) is 0.333. The van der Waals surface area contributed by atoms with Crippen molar-refractivity contribution in [3.05, 3.63) is 54.1 Å². The summed E-state index contributed by atoms with van der Waals surface area (Å²) in [7, 11) is 0. The summed E-state index contributed by atoms with van der Waals surface area (Å²) in [4.78, 5) is 53.0. The zero-order valence-corrected chi connectivity index (χ0v) is 18.2. The van der Waals surface area contributed by atoms with Crippen LogP contribution in [-0.2, 0) is 14.4 Å². The third kappa shape index (κ3) is 3.95. The Kier molecular flexibility index (Phi) is 5.69. The fourth-order valence-electron chi connectivity index (χ4n) is 4.54. The summed E-state index contributed by atoms with van der Waals surface area (Å²) < 4.78 is 0. The molecule has 0 radical (unpaired) electrons. The zero-order valence-electron chi connectivity index (χ0n) is 18.2. The smallest absolute Gasteiger partial charge is 0.257 e. The summed E-state index contributed by atoms with van der Waals surface area (Å²) in [5.74, 6) is -0.472. The molecule has 1 fully saturated rings. The number of carbonyl (C=O) groups is 4. The van der Waals surface area contributed by atoms with Crippen LogP contribution in [0.4, 0.5) is 17.1 Å². The first kappa shape index (κ1) is 21.5. The number of para-hydroxylation sites is 1. The molecule has 2 aromatic rings. The van der Waals surface area contributed by atoms with E-state index < -0.39 is 5.66 Å². The van der Waals surface area contributed by atoms with Gasteiger partial charge in [-0.25, -0.2) is 0 Å². The quantitative estimate of drug-likeness (QED) is 0.728. The van der Waals surface area contributed by atoms with Crippen LogP contribution in [0.2, 0.25) is 0 Å². The van der Waals surface area contributed by atoms with E-state index in [9.17, 15) is 19.2 Å². The standard InChI is InChI=1S/C24H26N4O4/c1-16(29)25-17-7-5-8-18(15-17)26-21(30)11-6-14-27-23(32)19-9-3-4-10-20(19)28-22(31)12-13-24(27,28)2/h3-5,7-10,15H,6,11-14H2,1-2H3,(H,25,29)(H,26,30)/t24-/m0/s1. The van der Waals surface area contributed by atoms with E-state index in [4.69, 9.17) is 0 Å². The average Bonchev–Trinajstić information content (AvgIpc) is 3.05. The van der Waals surface area contributed by atoms with Crippen LogP contribution in [0.1, 0.15) is 49.9 Å². The van der Waals surface area contributed by atoms with Gasteiger partial charge in [-0.05, 0) is 50.1 Å². The molecule has 2 aliphatic heterocycles. The largest absolute Gasteiger partial charge is 0.326 e. The minimum absolute atomic E-state index is 0.00856. The van der Waals surface area contributed by atoms with Crippen molar-refractivity contribution >= 4 is 40.7 Å². The Balaban J connectivity index is 1.42. The monoisotopic (exact) mass is 434 g/mol. The number of benzene rings is 2. The topological polar surface area (TPSA) is 98.8 Å². The second-order valence-electron chi connectivity index (χ2n) is 8.33. The van der Waals surface area contributed by atoms with E-state index in [2.05, 4.69) is 10.6 Å². The molecule has 2 aliphatic rings. The number of hydrogen-bond acceptors (Lipinski definition) is 4. The summed E-state index contributed by atoms with van der Waals surface area (Å²) >= 11 is 0. The SMILES string of the molecule is CC(=O)Nc1cccc(NC(=O)CCCN2C(=O)c3ccccc3N3C(=O)CC[C@@]23C)c1. The van der Waals surface area contributed by atoms with Gasteiger partial charge in [-0.15, -0.1) is 0 Å². The average molecular weight is 434 g/mol. The highest BCUT2D eigenvalue weighted by Gasteiger charge is 2.52. The molecule has 0 bridgehead atoms. The molecule has 1 saturated heterocycles. The van der Waals surface area contributed by atoms with Crippen molar-refractivity contribution in [3.63, 3.8) is 0 Å². The second-order valence-corrected chi connectivity index (χ2v) is 8.33. The molecule has 2 aromatic carbocycles. The zero-order chi connectivity index (χ0) is 22.9. The number of rotatable bonds is 6. The first-order valence-electron chi connectivity index (χ1n) is 10.7. The van der Waals surface area contributed by atoms with Crippen LogP contribution in [0, 0.1) is 0 Å².